The first-order valence-corrected chi connectivity index (χ1v) is 6.69. The van der Waals surface area contributed by atoms with Gasteiger partial charge in [0, 0.05) is 6.20 Å². The monoisotopic (exact) mass is 295 g/mol. The third kappa shape index (κ3) is 4.01. The Kier molecular flexibility index (Phi) is 4.90. The summed E-state index contributed by atoms with van der Waals surface area (Å²) in [5, 5.41) is 10.9. The van der Waals surface area contributed by atoms with Gasteiger partial charge in [-0.05, 0) is 42.3 Å². The van der Waals surface area contributed by atoms with Gasteiger partial charge in [0.05, 0.1) is 17.8 Å². The van der Waals surface area contributed by atoms with E-state index >= 15 is 0 Å². The first-order valence-electron chi connectivity index (χ1n) is 6.69. The molecule has 0 saturated carbocycles. The Labute approximate surface area is 121 Å². The van der Waals surface area contributed by atoms with Crippen LogP contribution in [0.5, 0.6) is 0 Å². The maximum absolute atomic E-state index is 12.6. The topological polar surface area (TPSA) is 37.8 Å². The summed E-state index contributed by atoms with van der Waals surface area (Å²) in [5.41, 5.74) is 0.996. The summed E-state index contributed by atoms with van der Waals surface area (Å²) in [7, 11) is 0. The molecule has 2 aromatic rings. The second kappa shape index (κ2) is 6.67. The van der Waals surface area contributed by atoms with Crippen LogP contribution in [-0.4, -0.2) is 16.7 Å². The SMILES string of the molecule is CCCNC(c1ccc(C(F)(F)F)cc1)c1ccnnc1. The molecule has 0 aliphatic carbocycles. The molecule has 1 aromatic heterocycles. The highest BCUT2D eigenvalue weighted by Crippen LogP contribution is 2.30. The molecular weight excluding hydrogens is 279 g/mol. The zero-order chi connectivity index (χ0) is 15.3. The molecule has 21 heavy (non-hydrogen) atoms. The van der Waals surface area contributed by atoms with Gasteiger partial charge < -0.3 is 5.32 Å². The van der Waals surface area contributed by atoms with Crippen LogP contribution in [0.4, 0.5) is 13.2 Å². The Morgan fingerprint density at radius 3 is 2.29 bits per heavy atom. The average Bonchev–Trinajstić information content (AvgIpc) is 2.48. The number of rotatable bonds is 5. The van der Waals surface area contributed by atoms with Crippen LogP contribution in [0.2, 0.25) is 0 Å². The highest BCUT2D eigenvalue weighted by Gasteiger charge is 2.30. The predicted octanol–water partition coefficient (Wildman–Crippen LogP) is 3.58. The summed E-state index contributed by atoms with van der Waals surface area (Å²) in [4.78, 5) is 0. The first-order chi connectivity index (χ1) is 10.0. The van der Waals surface area contributed by atoms with Crippen molar-refractivity contribution in [2.75, 3.05) is 6.54 Å². The Hall–Kier alpha value is -1.95. The van der Waals surface area contributed by atoms with Crippen molar-refractivity contribution in [2.45, 2.75) is 25.6 Å². The van der Waals surface area contributed by atoms with E-state index in [-0.39, 0.29) is 6.04 Å². The van der Waals surface area contributed by atoms with E-state index in [1.807, 2.05) is 6.92 Å². The summed E-state index contributed by atoms with van der Waals surface area (Å²) < 4.78 is 37.8. The highest BCUT2D eigenvalue weighted by atomic mass is 19.4. The van der Waals surface area contributed by atoms with Gasteiger partial charge in [0.2, 0.25) is 0 Å². The Bertz CT molecular complexity index is 553. The minimum Gasteiger partial charge on any atom is -0.306 e. The zero-order valence-electron chi connectivity index (χ0n) is 11.6. The molecule has 0 amide bonds. The Morgan fingerprint density at radius 1 is 1.05 bits per heavy atom. The van der Waals surface area contributed by atoms with E-state index in [0.29, 0.717) is 0 Å². The molecule has 0 fully saturated rings. The van der Waals surface area contributed by atoms with Gasteiger partial charge in [0.15, 0.2) is 0 Å². The van der Waals surface area contributed by atoms with Crippen LogP contribution in [0, 0.1) is 0 Å². The highest BCUT2D eigenvalue weighted by molar-refractivity contribution is 5.32. The van der Waals surface area contributed by atoms with E-state index in [2.05, 4.69) is 15.5 Å². The van der Waals surface area contributed by atoms with Gasteiger partial charge in [-0.25, -0.2) is 0 Å². The number of hydrogen-bond donors (Lipinski definition) is 1. The maximum Gasteiger partial charge on any atom is 0.416 e. The van der Waals surface area contributed by atoms with Gasteiger partial charge in [-0.15, -0.1) is 0 Å². The molecule has 112 valence electrons. The average molecular weight is 295 g/mol. The lowest BCUT2D eigenvalue weighted by Crippen LogP contribution is -2.23. The number of benzene rings is 1. The number of nitrogens with one attached hydrogen (secondary N) is 1. The molecule has 1 N–H and O–H groups in total. The molecule has 2 rings (SSSR count). The number of nitrogens with zero attached hydrogens (tertiary/aromatic N) is 2. The zero-order valence-corrected chi connectivity index (χ0v) is 11.6. The van der Waals surface area contributed by atoms with Crippen molar-refractivity contribution in [2.24, 2.45) is 0 Å². The van der Waals surface area contributed by atoms with E-state index in [1.54, 1.807) is 18.5 Å². The summed E-state index contributed by atoms with van der Waals surface area (Å²) in [5.74, 6) is 0. The first kappa shape index (κ1) is 15.4. The molecule has 1 unspecified atom stereocenters. The minimum atomic E-state index is -4.32. The van der Waals surface area contributed by atoms with Crippen LogP contribution in [0.25, 0.3) is 0 Å². The molecule has 0 aliphatic heterocycles. The predicted molar refractivity (Wildman–Crippen MR) is 73.6 cm³/mol. The molecular formula is C15H16F3N3. The molecule has 0 bridgehead atoms. The van der Waals surface area contributed by atoms with Crippen molar-refractivity contribution in [1.82, 2.24) is 15.5 Å². The van der Waals surface area contributed by atoms with Crippen molar-refractivity contribution in [1.29, 1.82) is 0 Å². The number of alkyl halides is 3. The summed E-state index contributed by atoms with van der Waals surface area (Å²) in [6.45, 7) is 2.79. The maximum atomic E-state index is 12.6. The molecule has 0 radical (unpaired) electrons. The van der Waals surface area contributed by atoms with Crippen LogP contribution in [0.1, 0.15) is 36.1 Å². The quantitative estimate of drug-likeness (QED) is 0.916. The number of aromatic nitrogens is 2. The van der Waals surface area contributed by atoms with E-state index in [9.17, 15) is 13.2 Å². The van der Waals surface area contributed by atoms with Gasteiger partial charge in [-0.2, -0.15) is 23.4 Å². The fourth-order valence-corrected chi connectivity index (χ4v) is 2.05. The van der Waals surface area contributed by atoms with E-state index in [1.165, 1.54) is 12.1 Å². The van der Waals surface area contributed by atoms with Crippen LogP contribution >= 0.6 is 0 Å². The smallest absolute Gasteiger partial charge is 0.306 e. The van der Waals surface area contributed by atoms with E-state index < -0.39 is 11.7 Å². The summed E-state index contributed by atoms with van der Waals surface area (Å²) >= 11 is 0. The molecule has 3 nitrogen and oxygen atoms in total. The fraction of sp³-hybridized carbons (Fsp3) is 0.333. The van der Waals surface area contributed by atoms with Gasteiger partial charge in [-0.1, -0.05) is 19.1 Å². The molecule has 1 heterocycles. The molecule has 6 heteroatoms. The fourth-order valence-electron chi connectivity index (χ4n) is 2.05. The number of halogens is 3. The minimum absolute atomic E-state index is 0.192. The number of hydrogen-bond acceptors (Lipinski definition) is 3. The Morgan fingerprint density at radius 2 is 1.76 bits per heavy atom. The van der Waals surface area contributed by atoms with Crippen molar-refractivity contribution in [3.8, 4) is 0 Å². The normalized spacial score (nSPS) is 13.1. The Balaban J connectivity index is 2.29. The van der Waals surface area contributed by atoms with Gasteiger partial charge in [0.1, 0.15) is 0 Å². The molecule has 0 spiro atoms. The van der Waals surface area contributed by atoms with Crippen molar-refractivity contribution in [3.05, 3.63) is 59.4 Å². The second-order valence-corrected chi connectivity index (χ2v) is 4.68. The van der Waals surface area contributed by atoms with Crippen molar-refractivity contribution < 1.29 is 13.2 Å². The lowest BCUT2D eigenvalue weighted by molar-refractivity contribution is -0.137. The van der Waals surface area contributed by atoms with Gasteiger partial charge in [-0.3, -0.25) is 0 Å². The lowest BCUT2D eigenvalue weighted by Gasteiger charge is -2.19. The molecule has 0 aliphatic rings. The van der Waals surface area contributed by atoms with E-state index in [4.69, 9.17) is 0 Å². The second-order valence-electron chi connectivity index (χ2n) is 4.68. The lowest BCUT2D eigenvalue weighted by atomic mass is 9.99. The van der Waals surface area contributed by atoms with E-state index in [0.717, 1.165) is 36.2 Å². The summed E-state index contributed by atoms with van der Waals surface area (Å²) in [6, 6.07) is 6.81. The van der Waals surface area contributed by atoms with Crippen LogP contribution in [0.15, 0.2) is 42.7 Å². The van der Waals surface area contributed by atoms with Crippen molar-refractivity contribution in [3.63, 3.8) is 0 Å². The molecule has 1 atom stereocenters. The van der Waals surface area contributed by atoms with Crippen LogP contribution in [-0.2, 0) is 6.18 Å². The van der Waals surface area contributed by atoms with Gasteiger partial charge in [0.25, 0.3) is 0 Å². The summed E-state index contributed by atoms with van der Waals surface area (Å²) in [6.07, 6.45) is -0.205. The third-order valence-corrected chi connectivity index (χ3v) is 3.11. The third-order valence-electron chi connectivity index (χ3n) is 3.11. The van der Waals surface area contributed by atoms with Gasteiger partial charge >= 0.3 is 6.18 Å². The molecule has 0 saturated heterocycles. The molecule has 1 aromatic carbocycles. The largest absolute Gasteiger partial charge is 0.416 e. The van der Waals surface area contributed by atoms with Crippen LogP contribution < -0.4 is 5.32 Å². The standard InChI is InChI=1S/C15H16F3N3/c1-2-8-19-14(12-7-9-20-21-10-12)11-3-5-13(6-4-11)15(16,17)18/h3-7,9-10,14,19H,2,8H2,1H3. The van der Waals surface area contributed by atoms with Crippen LogP contribution in [0.3, 0.4) is 0 Å². The van der Waals surface area contributed by atoms with Crippen molar-refractivity contribution >= 4 is 0 Å².